The molecule has 1 unspecified atom stereocenters. The number of nitrogens with one attached hydrogen (secondary N) is 2. The SMILES string of the molecule is CCc1cc(Cc2ccc(F)c(C(=O)N3CCC([NH+]4CCc5ccccc5C4)CC3)c2)n[nH]c1=O.O=C([O-])C(F)(F)F. The van der Waals surface area contributed by atoms with Crippen molar-refractivity contribution < 1.29 is 37.2 Å². The van der Waals surface area contributed by atoms with Crippen LogP contribution in [0.4, 0.5) is 17.6 Å². The first kappa shape index (κ1) is 30.9. The van der Waals surface area contributed by atoms with Crippen molar-refractivity contribution in [2.24, 2.45) is 0 Å². The number of carboxylic acid groups (broad SMARTS) is 1. The van der Waals surface area contributed by atoms with Crippen molar-refractivity contribution in [1.82, 2.24) is 15.1 Å². The molecule has 5 rings (SSSR count). The summed E-state index contributed by atoms with van der Waals surface area (Å²) in [6, 6.07) is 15.7. The minimum absolute atomic E-state index is 0.111. The van der Waals surface area contributed by atoms with Gasteiger partial charge in [0.05, 0.1) is 23.8 Å². The van der Waals surface area contributed by atoms with E-state index < -0.39 is 18.0 Å². The van der Waals surface area contributed by atoms with Crippen LogP contribution in [0.3, 0.4) is 0 Å². The lowest BCUT2D eigenvalue weighted by molar-refractivity contribution is -0.942. The summed E-state index contributed by atoms with van der Waals surface area (Å²) in [6.45, 7) is 5.39. The molecule has 42 heavy (non-hydrogen) atoms. The Balaban J connectivity index is 0.000000517. The highest BCUT2D eigenvalue weighted by molar-refractivity contribution is 5.94. The molecule has 3 heterocycles. The number of halogens is 4. The summed E-state index contributed by atoms with van der Waals surface area (Å²) >= 11 is 0. The molecule has 3 aromatic rings. The van der Waals surface area contributed by atoms with Gasteiger partial charge in [-0.2, -0.15) is 18.3 Å². The van der Waals surface area contributed by atoms with Gasteiger partial charge >= 0.3 is 6.18 Å². The summed E-state index contributed by atoms with van der Waals surface area (Å²) < 4.78 is 46.2. The first-order chi connectivity index (χ1) is 20.0. The number of hydrogen-bond donors (Lipinski definition) is 2. The molecule has 2 aliphatic rings. The van der Waals surface area contributed by atoms with Crippen LogP contribution in [0, 0.1) is 5.82 Å². The number of alkyl halides is 3. The van der Waals surface area contributed by atoms with Crippen molar-refractivity contribution in [3.8, 4) is 0 Å². The monoisotopic (exact) mass is 588 g/mol. The molecule has 0 spiro atoms. The maximum Gasteiger partial charge on any atom is 0.430 e. The van der Waals surface area contributed by atoms with Crippen molar-refractivity contribution in [2.75, 3.05) is 19.6 Å². The molecule has 2 aromatic carbocycles. The van der Waals surface area contributed by atoms with E-state index in [9.17, 15) is 27.2 Å². The first-order valence-corrected chi connectivity index (χ1v) is 13.8. The summed E-state index contributed by atoms with van der Waals surface area (Å²) in [5.74, 6) is -3.75. The second-order valence-electron chi connectivity index (χ2n) is 10.5. The Hall–Kier alpha value is -4.06. The van der Waals surface area contributed by atoms with Gasteiger partial charge in [0.15, 0.2) is 0 Å². The highest BCUT2D eigenvalue weighted by Gasteiger charge is 2.33. The Morgan fingerprint density at radius 1 is 1.10 bits per heavy atom. The molecule has 224 valence electrons. The van der Waals surface area contributed by atoms with Crippen LogP contribution in [-0.2, 0) is 30.6 Å². The van der Waals surface area contributed by atoms with E-state index in [1.807, 2.05) is 6.92 Å². The third kappa shape index (κ3) is 7.61. The largest absolute Gasteiger partial charge is 0.542 e. The quantitative estimate of drug-likeness (QED) is 0.441. The van der Waals surface area contributed by atoms with Gasteiger partial charge in [-0.1, -0.05) is 37.3 Å². The van der Waals surface area contributed by atoms with Crippen LogP contribution in [-0.4, -0.2) is 58.8 Å². The summed E-state index contributed by atoms with van der Waals surface area (Å²) in [4.78, 5) is 37.2. The number of piperidine rings is 1. The molecule has 0 saturated carbocycles. The fourth-order valence-electron chi connectivity index (χ4n) is 5.51. The third-order valence-corrected chi connectivity index (χ3v) is 7.80. The van der Waals surface area contributed by atoms with Crippen LogP contribution in [0.25, 0.3) is 0 Å². The molecule has 2 N–H and O–H groups in total. The van der Waals surface area contributed by atoms with Crippen LogP contribution in [0.5, 0.6) is 0 Å². The van der Waals surface area contributed by atoms with Gasteiger partial charge in [0.1, 0.15) is 18.3 Å². The molecular formula is C30H32F4N4O4. The zero-order valence-corrected chi connectivity index (χ0v) is 23.1. The highest BCUT2D eigenvalue weighted by Crippen LogP contribution is 2.19. The van der Waals surface area contributed by atoms with Crippen LogP contribution >= 0.6 is 0 Å². The van der Waals surface area contributed by atoms with E-state index in [2.05, 4.69) is 34.5 Å². The first-order valence-electron chi connectivity index (χ1n) is 13.8. The van der Waals surface area contributed by atoms with E-state index >= 15 is 0 Å². The standard InChI is InChI=1S/C28H31FN4O2.C2HF3O2/c1-2-20-17-23(30-31-27(20)34)15-19-7-8-26(29)25(16-19)28(35)32-13-10-24(11-14-32)33-12-9-21-5-3-4-6-22(21)18-33;3-2(4,5)1(6)7/h3-8,16-17,24H,2,9-15,18H2,1H3,(H,31,34);(H,6,7). The molecule has 1 saturated heterocycles. The summed E-state index contributed by atoms with van der Waals surface area (Å²) in [6.07, 6.45) is -1.18. The Bertz CT molecular complexity index is 1480. The van der Waals surface area contributed by atoms with Crippen molar-refractivity contribution in [3.63, 3.8) is 0 Å². The summed E-state index contributed by atoms with van der Waals surface area (Å²) in [7, 11) is 0. The van der Waals surface area contributed by atoms with Gasteiger partial charge in [-0.3, -0.25) is 9.59 Å². The smallest absolute Gasteiger partial charge is 0.430 e. The number of fused-ring (bicyclic) bond motifs is 1. The van der Waals surface area contributed by atoms with Gasteiger partial charge in [-0.15, -0.1) is 0 Å². The lowest BCUT2D eigenvalue weighted by atomic mass is 9.95. The van der Waals surface area contributed by atoms with Crippen molar-refractivity contribution in [3.05, 3.63) is 98.2 Å². The van der Waals surface area contributed by atoms with Crippen molar-refractivity contribution >= 4 is 11.9 Å². The number of aromatic nitrogens is 2. The summed E-state index contributed by atoms with van der Waals surface area (Å²) in [5.41, 5.74) is 4.97. The lowest BCUT2D eigenvalue weighted by Gasteiger charge is -2.38. The van der Waals surface area contributed by atoms with Gasteiger partial charge in [-0.25, -0.2) is 9.49 Å². The maximum absolute atomic E-state index is 14.7. The number of carbonyl (C=O) groups excluding carboxylic acids is 2. The molecule has 1 amide bonds. The molecule has 2 aliphatic heterocycles. The highest BCUT2D eigenvalue weighted by atomic mass is 19.4. The second-order valence-corrected chi connectivity index (χ2v) is 10.5. The number of amides is 1. The van der Waals surface area contributed by atoms with E-state index in [0.29, 0.717) is 43.2 Å². The normalized spacial score (nSPS) is 17.2. The maximum atomic E-state index is 14.7. The molecule has 0 bridgehead atoms. The number of quaternary nitrogens is 1. The number of likely N-dealkylation sites (tertiary alicyclic amines) is 1. The average Bonchev–Trinajstić information content (AvgIpc) is 2.98. The fraction of sp³-hybridized carbons (Fsp3) is 0.400. The third-order valence-electron chi connectivity index (χ3n) is 7.80. The van der Waals surface area contributed by atoms with E-state index in [1.54, 1.807) is 28.0 Å². The van der Waals surface area contributed by atoms with Crippen molar-refractivity contribution in [2.45, 2.75) is 57.8 Å². The van der Waals surface area contributed by atoms with Crippen LogP contribution in [0.15, 0.2) is 53.3 Å². The van der Waals surface area contributed by atoms with Crippen LogP contribution in [0.1, 0.15) is 58.1 Å². The number of aliphatic carboxylic acids is 1. The topological polar surface area (TPSA) is 111 Å². The minimum atomic E-state index is -5.19. The lowest BCUT2D eigenvalue weighted by Crippen LogP contribution is -3.15. The van der Waals surface area contributed by atoms with Crippen molar-refractivity contribution in [1.29, 1.82) is 0 Å². The predicted molar refractivity (Wildman–Crippen MR) is 143 cm³/mol. The van der Waals surface area contributed by atoms with Crippen LogP contribution in [0.2, 0.25) is 0 Å². The Morgan fingerprint density at radius 3 is 2.40 bits per heavy atom. The van der Waals surface area contributed by atoms with Crippen LogP contribution < -0.4 is 15.6 Å². The number of nitrogens with zero attached hydrogens (tertiary/aromatic N) is 2. The molecule has 1 fully saturated rings. The van der Waals surface area contributed by atoms with Gasteiger partial charge in [-0.05, 0) is 35.7 Å². The number of carbonyl (C=O) groups is 2. The Labute approximate surface area is 240 Å². The zero-order chi connectivity index (χ0) is 30.4. The molecule has 0 radical (unpaired) electrons. The van der Waals surface area contributed by atoms with E-state index in [1.165, 1.54) is 17.2 Å². The Morgan fingerprint density at radius 2 is 1.76 bits per heavy atom. The zero-order valence-electron chi connectivity index (χ0n) is 23.1. The number of rotatable bonds is 5. The fourth-order valence-corrected chi connectivity index (χ4v) is 5.51. The molecule has 1 atom stereocenters. The van der Waals surface area contributed by atoms with E-state index in [-0.39, 0.29) is 17.0 Å². The van der Waals surface area contributed by atoms with Gasteiger partial charge in [0, 0.05) is 49.9 Å². The molecule has 1 aromatic heterocycles. The number of hydrogen-bond acceptors (Lipinski definition) is 5. The predicted octanol–water partition coefficient (Wildman–Crippen LogP) is 1.61. The minimum Gasteiger partial charge on any atom is -0.542 e. The van der Waals surface area contributed by atoms with E-state index in [4.69, 9.17) is 9.90 Å². The van der Waals surface area contributed by atoms with Gasteiger partial charge < -0.3 is 19.7 Å². The molecule has 0 aliphatic carbocycles. The number of H-pyrrole nitrogens is 1. The van der Waals surface area contributed by atoms with Gasteiger partial charge in [0.2, 0.25) is 0 Å². The molecular weight excluding hydrogens is 556 g/mol. The average molecular weight is 589 g/mol. The Kier molecular flexibility index (Phi) is 9.77. The molecule has 12 heteroatoms. The summed E-state index contributed by atoms with van der Waals surface area (Å²) in [5, 5.41) is 15.4. The molecule has 8 nitrogen and oxygen atoms in total. The number of carboxylic acids is 1. The number of aromatic amines is 1. The number of aryl methyl sites for hydroxylation is 1. The second kappa shape index (κ2) is 13.3. The number of benzene rings is 2. The van der Waals surface area contributed by atoms with E-state index in [0.717, 1.165) is 37.9 Å². The van der Waals surface area contributed by atoms with Gasteiger partial charge in [0.25, 0.3) is 11.5 Å².